The predicted molar refractivity (Wildman–Crippen MR) is 89.0 cm³/mol. The Balaban J connectivity index is 2.89. The fraction of sp³-hybridized carbons (Fsp3) is 0.778. The average molecular weight is 305 g/mol. The fourth-order valence-electron chi connectivity index (χ4n) is 3.24. The van der Waals surface area contributed by atoms with Crippen molar-refractivity contribution in [1.82, 2.24) is 9.78 Å². The highest BCUT2D eigenvalue weighted by atomic mass is 16.3. The molecule has 1 rings (SSSR count). The average Bonchev–Trinajstić information content (AvgIpc) is 3.02. The van der Waals surface area contributed by atoms with Crippen LogP contribution in [0.15, 0.2) is 12.4 Å². The second-order valence-corrected chi connectivity index (χ2v) is 6.64. The summed E-state index contributed by atoms with van der Waals surface area (Å²) in [5, 5.41) is 23.7. The Morgan fingerprint density at radius 2 is 1.95 bits per heavy atom. The van der Waals surface area contributed by atoms with Gasteiger partial charge in [-0.2, -0.15) is 10.4 Å². The minimum atomic E-state index is -0.671. The summed E-state index contributed by atoms with van der Waals surface area (Å²) in [7, 11) is 0. The Labute approximate surface area is 135 Å². The summed E-state index contributed by atoms with van der Waals surface area (Å²) in [4.78, 5) is 0. The third kappa shape index (κ3) is 4.58. The lowest BCUT2D eigenvalue weighted by Crippen LogP contribution is -2.31. The molecule has 22 heavy (non-hydrogen) atoms. The molecule has 0 bridgehead atoms. The predicted octanol–water partition coefficient (Wildman–Crippen LogP) is 4.37. The molecule has 0 saturated heterocycles. The van der Waals surface area contributed by atoms with E-state index in [1.165, 1.54) is 23.7 Å². The lowest BCUT2D eigenvalue weighted by atomic mass is 9.73. The third-order valence-electron chi connectivity index (χ3n) is 5.26. The summed E-state index contributed by atoms with van der Waals surface area (Å²) < 4.78 is 1.53. The van der Waals surface area contributed by atoms with Gasteiger partial charge < -0.3 is 5.11 Å². The van der Waals surface area contributed by atoms with Crippen LogP contribution in [0.5, 0.6) is 0 Å². The maximum absolute atomic E-state index is 10.7. The van der Waals surface area contributed by atoms with Crippen LogP contribution in [0.4, 0.5) is 0 Å². The number of hydrogen-bond acceptors (Lipinski definition) is 3. The van der Waals surface area contributed by atoms with Crippen molar-refractivity contribution in [2.24, 2.45) is 23.7 Å². The van der Waals surface area contributed by atoms with Gasteiger partial charge in [0.1, 0.15) is 12.3 Å². The van der Waals surface area contributed by atoms with Crippen molar-refractivity contribution in [2.45, 2.75) is 66.5 Å². The first kappa shape index (κ1) is 18.7. The van der Waals surface area contributed by atoms with Gasteiger partial charge in [0.15, 0.2) is 0 Å². The monoisotopic (exact) mass is 305 g/mol. The van der Waals surface area contributed by atoms with Gasteiger partial charge in [-0.3, -0.25) is 0 Å². The number of hydrogen-bond donors (Lipinski definition) is 1. The number of aromatic nitrogens is 2. The van der Waals surface area contributed by atoms with E-state index in [1.54, 1.807) is 6.20 Å². The van der Waals surface area contributed by atoms with E-state index in [2.05, 4.69) is 45.8 Å². The van der Waals surface area contributed by atoms with Crippen LogP contribution in [-0.4, -0.2) is 14.9 Å². The Bertz CT molecular complexity index is 477. The normalized spacial score (nSPS) is 18.2. The standard InChI is InChI=1S/C18H31N3O/c1-6-8-9-17(14(4)13(3)7-2)15(5)18(22)21-12-16(10-19)11-20-21/h11-15,17-18,22H,6-9H2,1-5H3/t13-,14+,15-,17+,18?/m1/s1. The number of aliphatic hydroxyl groups excluding tert-OH is 1. The molecule has 0 aliphatic rings. The van der Waals surface area contributed by atoms with Gasteiger partial charge in [-0.25, -0.2) is 4.68 Å². The molecule has 5 atom stereocenters. The number of nitrogens with zero attached hydrogens (tertiary/aromatic N) is 3. The number of unbranched alkanes of at least 4 members (excludes halogenated alkanes) is 1. The van der Waals surface area contributed by atoms with E-state index in [4.69, 9.17) is 5.26 Å². The van der Waals surface area contributed by atoms with E-state index in [0.29, 0.717) is 23.3 Å². The number of aliphatic hydroxyl groups is 1. The molecule has 0 aliphatic carbocycles. The molecule has 0 radical (unpaired) electrons. The molecule has 4 heteroatoms. The van der Waals surface area contributed by atoms with Crippen LogP contribution in [-0.2, 0) is 0 Å². The molecule has 1 aromatic rings. The first-order valence-electron chi connectivity index (χ1n) is 8.58. The summed E-state index contributed by atoms with van der Waals surface area (Å²) in [6.45, 7) is 11.1. The van der Waals surface area contributed by atoms with Crippen LogP contribution in [0.1, 0.15) is 72.1 Å². The molecular weight excluding hydrogens is 274 g/mol. The summed E-state index contributed by atoms with van der Waals surface area (Å²) in [5.41, 5.74) is 0.492. The van der Waals surface area contributed by atoms with Gasteiger partial charge in [-0.1, -0.05) is 53.9 Å². The molecule has 0 aromatic carbocycles. The highest BCUT2D eigenvalue weighted by Gasteiger charge is 2.31. The van der Waals surface area contributed by atoms with Gasteiger partial charge in [0.25, 0.3) is 0 Å². The molecule has 1 heterocycles. The minimum absolute atomic E-state index is 0.113. The van der Waals surface area contributed by atoms with Crippen molar-refractivity contribution >= 4 is 0 Å². The molecule has 0 fully saturated rings. The third-order valence-corrected chi connectivity index (χ3v) is 5.26. The topological polar surface area (TPSA) is 61.8 Å². The molecule has 1 unspecified atom stereocenters. The Morgan fingerprint density at radius 3 is 2.45 bits per heavy atom. The SMILES string of the molecule is CCCC[C@@H]([C@@H](C)[C@H](C)CC)[C@@H](C)C(O)n1cc(C#N)cn1. The zero-order valence-corrected chi connectivity index (χ0v) is 14.7. The molecular formula is C18H31N3O. The van der Waals surface area contributed by atoms with Crippen molar-refractivity contribution in [1.29, 1.82) is 5.26 Å². The second kappa shape index (κ2) is 8.95. The fourth-order valence-corrected chi connectivity index (χ4v) is 3.24. The van der Waals surface area contributed by atoms with Crippen LogP contribution in [0, 0.1) is 35.0 Å². The summed E-state index contributed by atoms with van der Waals surface area (Å²) in [5.74, 6) is 1.78. The van der Waals surface area contributed by atoms with Crippen molar-refractivity contribution in [2.75, 3.05) is 0 Å². The first-order valence-corrected chi connectivity index (χ1v) is 8.58. The van der Waals surface area contributed by atoms with Gasteiger partial charge in [0.2, 0.25) is 0 Å². The zero-order valence-electron chi connectivity index (χ0n) is 14.7. The summed E-state index contributed by atoms with van der Waals surface area (Å²) in [6.07, 6.45) is 7.12. The molecule has 0 aliphatic heterocycles. The quantitative estimate of drug-likeness (QED) is 0.737. The van der Waals surface area contributed by atoms with Crippen molar-refractivity contribution in [3.8, 4) is 6.07 Å². The van der Waals surface area contributed by atoms with Gasteiger partial charge in [0.05, 0.1) is 11.8 Å². The summed E-state index contributed by atoms with van der Waals surface area (Å²) in [6, 6.07) is 2.06. The highest BCUT2D eigenvalue weighted by Crippen LogP contribution is 2.37. The van der Waals surface area contributed by atoms with E-state index < -0.39 is 6.23 Å². The maximum atomic E-state index is 10.7. The molecule has 0 amide bonds. The number of nitriles is 1. The lowest BCUT2D eigenvalue weighted by Gasteiger charge is -2.35. The van der Waals surface area contributed by atoms with E-state index in [9.17, 15) is 5.11 Å². The van der Waals surface area contributed by atoms with Gasteiger partial charge in [0, 0.05) is 12.1 Å². The first-order chi connectivity index (χ1) is 10.5. The van der Waals surface area contributed by atoms with Crippen LogP contribution in [0.2, 0.25) is 0 Å². The van der Waals surface area contributed by atoms with Gasteiger partial charge in [-0.15, -0.1) is 0 Å². The summed E-state index contributed by atoms with van der Waals surface area (Å²) >= 11 is 0. The Hall–Kier alpha value is -1.34. The molecule has 124 valence electrons. The zero-order chi connectivity index (χ0) is 16.7. The smallest absolute Gasteiger partial charge is 0.149 e. The van der Waals surface area contributed by atoms with Crippen LogP contribution >= 0.6 is 0 Å². The van der Waals surface area contributed by atoms with E-state index >= 15 is 0 Å². The van der Waals surface area contributed by atoms with Crippen LogP contribution in [0.25, 0.3) is 0 Å². The number of rotatable bonds is 9. The van der Waals surface area contributed by atoms with Crippen LogP contribution < -0.4 is 0 Å². The Kier molecular flexibility index (Phi) is 7.61. The maximum Gasteiger partial charge on any atom is 0.149 e. The minimum Gasteiger partial charge on any atom is -0.371 e. The van der Waals surface area contributed by atoms with Gasteiger partial charge in [-0.05, 0) is 24.2 Å². The van der Waals surface area contributed by atoms with Crippen LogP contribution in [0.3, 0.4) is 0 Å². The Morgan fingerprint density at radius 1 is 1.27 bits per heavy atom. The van der Waals surface area contributed by atoms with Gasteiger partial charge >= 0.3 is 0 Å². The lowest BCUT2D eigenvalue weighted by molar-refractivity contribution is -0.0114. The van der Waals surface area contributed by atoms with Crippen molar-refractivity contribution in [3.05, 3.63) is 18.0 Å². The highest BCUT2D eigenvalue weighted by molar-refractivity contribution is 5.21. The van der Waals surface area contributed by atoms with E-state index in [1.807, 2.05) is 0 Å². The molecule has 0 saturated carbocycles. The molecule has 1 aromatic heterocycles. The molecule has 0 spiro atoms. The largest absolute Gasteiger partial charge is 0.371 e. The van der Waals surface area contributed by atoms with E-state index in [0.717, 1.165) is 12.8 Å². The molecule has 1 N–H and O–H groups in total. The second-order valence-electron chi connectivity index (χ2n) is 6.64. The molecule has 4 nitrogen and oxygen atoms in total. The van der Waals surface area contributed by atoms with E-state index in [-0.39, 0.29) is 5.92 Å². The van der Waals surface area contributed by atoms with Crippen molar-refractivity contribution < 1.29 is 5.11 Å². The van der Waals surface area contributed by atoms with Crippen molar-refractivity contribution in [3.63, 3.8) is 0 Å².